The molecule has 2 heterocycles. The summed E-state index contributed by atoms with van der Waals surface area (Å²) >= 11 is 3.50. The van der Waals surface area contributed by atoms with E-state index in [0.29, 0.717) is 34.3 Å². The van der Waals surface area contributed by atoms with Gasteiger partial charge < -0.3 is 24.3 Å². The molecule has 0 spiro atoms. The number of nitrogens with one attached hydrogen (secondary N) is 2. The second-order valence-corrected chi connectivity index (χ2v) is 7.42. The number of benzene rings is 2. The number of rotatable bonds is 7. The van der Waals surface area contributed by atoms with Crippen LogP contribution in [0.2, 0.25) is 0 Å². The molecule has 0 saturated carbocycles. The zero-order chi connectivity index (χ0) is 21.3. The minimum absolute atomic E-state index is 0.0634. The van der Waals surface area contributed by atoms with Crippen LogP contribution in [0.1, 0.15) is 16.2 Å². The zero-order valence-corrected chi connectivity index (χ0v) is 18.2. The van der Waals surface area contributed by atoms with E-state index in [0.717, 1.165) is 21.1 Å². The van der Waals surface area contributed by atoms with Gasteiger partial charge in [-0.3, -0.25) is 4.79 Å². The molecule has 0 fully saturated rings. The highest BCUT2D eigenvalue weighted by Crippen LogP contribution is 2.36. The highest BCUT2D eigenvalue weighted by atomic mass is 79.9. The molecule has 0 aliphatic heterocycles. The number of hydrogen-bond donors (Lipinski definition) is 2. The molecule has 9 heteroatoms. The number of nitrogens with zero attached hydrogens (tertiary/aromatic N) is 2. The third kappa shape index (κ3) is 3.76. The first kappa shape index (κ1) is 20.0. The maximum atomic E-state index is 12.9. The number of aromatic amines is 1. The predicted octanol–water partition coefficient (Wildman–Crippen LogP) is 4.60. The molecule has 30 heavy (non-hydrogen) atoms. The molecule has 8 nitrogen and oxygen atoms in total. The number of ketones is 1. The molecule has 154 valence electrons. The van der Waals surface area contributed by atoms with E-state index in [-0.39, 0.29) is 12.3 Å². The summed E-state index contributed by atoms with van der Waals surface area (Å²) in [6.45, 7) is 1.83. The van der Waals surface area contributed by atoms with Gasteiger partial charge in [0.15, 0.2) is 11.6 Å². The second-order valence-electron chi connectivity index (χ2n) is 6.57. The van der Waals surface area contributed by atoms with E-state index in [2.05, 4.69) is 36.4 Å². The van der Waals surface area contributed by atoms with E-state index in [1.165, 1.54) is 0 Å². The molecule has 4 aromatic rings. The fourth-order valence-corrected chi connectivity index (χ4v) is 3.66. The molecule has 0 amide bonds. The molecule has 0 saturated heterocycles. The molecule has 0 unspecified atom stereocenters. The van der Waals surface area contributed by atoms with Gasteiger partial charge in [0.25, 0.3) is 5.89 Å². The van der Waals surface area contributed by atoms with E-state index < -0.39 is 0 Å². The van der Waals surface area contributed by atoms with Crippen LogP contribution in [0, 0.1) is 6.92 Å². The highest BCUT2D eigenvalue weighted by molar-refractivity contribution is 9.10. The van der Waals surface area contributed by atoms with Gasteiger partial charge in [-0.2, -0.15) is 4.98 Å². The van der Waals surface area contributed by atoms with Crippen LogP contribution >= 0.6 is 15.9 Å². The van der Waals surface area contributed by atoms with Gasteiger partial charge in [0.2, 0.25) is 0 Å². The lowest BCUT2D eigenvalue weighted by Crippen LogP contribution is -2.14. The van der Waals surface area contributed by atoms with Crippen molar-refractivity contribution in [3.05, 3.63) is 52.4 Å². The van der Waals surface area contributed by atoms with Gasteiger partial charge in [0, 0.05) is 33.2 Å². The van der Waals surface area contributed by atoms with Gasteiger partial charge in [-0.25, -0.2) is 0 Å². The summed E-state index contributed by atoms with van der Waals surface area (Å²) in [5, 5.41) is 7.83. The summed E-state index contributed by atoms with van der Waals surface area (Å²) in [4.78, 5) is 20.3. The molecule has 2 N–H and O–H groups in total. The Morgan fingerprint density at radius 2 is 2.07 bits per heavy atom. The Morgan fingerprint density at radius 1 is 1.23 bits per heavy atom. The molecule has 0 radical (unpaired) electrons. The fourth-order valence-electron chi connectivity index (χ4n) is 3.17. The number of anilines is 1. The van der Waals surface area contributed by atoms with E-state index in [9.17, 15) is 4.79 Å². The number of hydrogen-bond acceptors (Lipinski definition) is 7. The molecule has 2 aromatic heterocycles. The molecule has 0 bridgehead atoms. The maximum absolute atomic E-state index is 12.9. The molecule has 0 aliphatic rings. The fraction of sp³-hybridized carbons (Fsp3) is 0.190. The lowest BCUT2D eigenvalue weighted by Gasteiger charge is -2.13. The first-order valence-electron chi connectivity index (χ1n) is 9.10. The number of carbonyl (C=O) groups is 1. The van der Waals surface area contributed by atoms with Crippen molar-refractivity contribution in [3.63, 3.8) is 0 Å². The van der Waals surface area contributed by atoms with E-state index in [1.54, 1.807) is 33.4 Å². The molecule has 4 rings (SSSR count). The van der Waals surface area contributed by atoms with Crippen LogP contribution in [0.4, 0.5) is 5.69 Å². The Morgan fingerprint density at radius 3 is 2.77 bits per heavy atom. The van der Waals surface area contributed by atoms with E-state index in [1.807, 2.05) is 24.3 Å². The van der Waals surface area contributed by atoms with Crippen LogP contribution in [0.15, 0.2) is 45.5 Å². The van der Waals surface area contributed by atoms with Gasteiger partial charge in [-0.15, -0.1) is 0 Å². The highest BCUT2D eigenvalue weighted by Gasteiger charge is 2.17. The Balaban J connectivity index is 1.59. The lowest BCUT2D eigenvalue weighted by molar-refractivity contribution is 0.101. The van der Waals surface area contributed by atoms with Gasteiger partial charge in [0.05, 0.1) is 32.0 Å². The number of aryl methyl sites for hydroxylation is 1. The Bertz CT molecular complexity index is 1230. The average Bonchev–Trinajstić information content (AvgIpc) is 3.37. The van der Waals surface area contributed by atoms with Crippen LogP contribution in [-0.4, -0.2) is 41.7 Å². The van der Waals surface area contributed by atoms with Gasteiger partial charge in [-0.05, 0) is 47.1 Å². The molecular weight excluding hydrogens is 452 g/mol. The Hall–Kier alpha value is -3.33. The summed E-state index contributed by atoms with van der Waals surface area (Å²) in [6, 6.07) is 9.16. The SMILES string of the molecule is COc1ccc2c(C(=O)CNc3cc(-c4nc(C)no4)c(Br)cc3OC)c[nH]c2c1. The minimum atomic E-state index is -0.0634. The second kappa shape index (κ2) is 8.19. The van der Waals surface area contributed by atoms with Crippen molar-refractivity contribution in [1.29, 1.82) is 0 Å². The Labute approximate surface area is 180 Å². The van der Waals surface area contributed by atoms with E-state index >= 15 is 0 Å². The molecular formula is C21H19BrN4O4. The van der Waals surface area contributed by atoms with Gasteiger partial charge in [0.1, 0.15) is 11.5 Å². The number of fused-ring (bicyclic) bond motifs is 1. The quantitative estimate of drug-likeness (QED) is 0.380. The summed E-state index contributed by atoms with van der Waals surface area (Å²) in [5.74, 6) is 2.16. The summed E-state index contributed by atoms with van der Waals surface area (Å²) < 4.78 is 16.7. The maximum Gasteiger partial charge on any atom is 0.259 e. The first-order valence-corrected chi connectivity index (χ1v) is 9.90. The third-order valence-corrected chi connectivity index (χ3v) is 5.33. The largest absolute Gasteiger partial charge is 0.497 e. The molecule has 0 aliphatic carbocycles. The van der Waals surface area contributed by atoms with Crippen LogP contribution < -0.4 is 14.8 Å². The van der Waals surface area contributed by atoms with Gasteiger partial charge in [-0.1, -0.05) is 5.16 Å². The topological polar surface area (TPSA) is 102 Å². The van der Waals surface area contributed by atoms with Crippen molar-refractivity contribution in [1.82, 2.24) is 15.1 Å². The predicted molar refractivity (Wildman–Crippen MR) is 116 cm³/mol. The monoisotopic (exact) mass is 470 g/mol. The number of methoxy groups -OCH3 is 2. The standard InChI is InChI=1S/C21H19BrN4O4/c1-11-25-21(30-26-11)14-7-18(20(29-3)8-16(14)22)24-10-19(27)15-9-23-17-6-12(28-2)4-5-13(15)17/h4-9,23-24H,10H2,1-3H3. The van der Waals surface area contributed by atoms with Crippen LogP contribution in [0.5, 0.6) is 11.5 Å². The van der Waals surface area contributed by atoms with Crippen molar-refractivity contribution in [2.24, 2.45) is 0 Å². The number of aromatic nitrogens is 3. The zero-order valence-electron chi connectivity index (χ0n) is 16.6. The van der Waals surface area contributed by atoms with E-state index in [4.69, 9.17) is 14.0 Å². The normalized spacial score (nSPS) is 10.9. The van der Waals surface area contributed by atoms with Crippen LogP contribution in [-0.2, 0) is 0 Å². The summed E-state index contributed by atoms with van der Waals surface area (Å²) in [7, 11) is 3.17. The minimum Gasteiger partial charge on any atom is -0.497 e. The summed E-state index contributed by atoms with van der Waals surface area (Å²) in [5.41, 5.74) is 2.78. The first-order chi connectivity index (χ1) is 14.5. The van der Waals surface area contributed by atoms with Crippen LogP contribution in [0.3, 0.4) is 0 Å². The smallest absolute Gasteiger partial charge is 0.259 e. The molecule has 0 atom stereocenters. The Kier molecular flexibility index (Phi) is 5.45. The number of halogens is 1. The van der Waals surface area contributed by atoms with Crippen molar-refractivity contribution < 1.29 is 18.8 Å². The number of H-pyrrole nitrogens is 1. The van der Waals surface area contributed by atoms with Gasteiger partial charge >= 0.3 is 0 Å². The summed E-state index contributed by atoms with van der Waals surface area (Å²) in [6.07, 6.45) is 1.71. The van der Waals surface area contributed by atoms with Crippen LogP contribution in [0.25, 0.3) is 22.4 Å². The number of carbonyl (C=O) groups excluding carboxylic acids is 1. The number of Topliss-reactive ketones (excluding diaryl/α,β-unsaturated/α-hetero) is 1. The lowest BCUT2D eigenvalue weighted by atomic mass is 10.1. The van der Waals surface area contributed by atoms with Crippen molar-refractivity contribution in [2.45, 2.75) is 6.92 Å². The average molecular weight is 471 g/mol. The third-order valence-electron chi connectivity index (χ3n) is 4.68. The van der Waals surface area contributed by atoms with Crippen molar-refractivity contribution >= 4 is 38.3 Å². The number of ether oxygens (including phenoxy) is 2. The molecule has 2 aromatic carbocycles. The van der Waals surface area contributed by atoms with Crippen molar-refractivity contribution in [3.8, 4) is 23.0 Å². The van der Waals surface area contributed by atoms with Crippen molar-refractivity contribution in [2.75, 3.05) is 26.1 Å².